The van der Waals surface area contributed by atoms with Gasteiger partial charge in [-0.2, -0.15) is 0 Å². The summed E-state index contributed by atoms with van der Waals surface area (Å²) in [5.74, 6) is 2.79. The summed E-state index contributed by atoms with van der Waals surface area (Å²) in [7, 11) is 0. The van der Waals surface area contributed by atoms with Crippen LogP contribution in [0.2, 0.25) is 0 Å². The molecular weight excluding hydrogens is 811 g/mol. The van der Waals surface area contributed by atoms with Gasteiger partial charge < -0.3 is 0 Å². The first-order valence-corrected chi connectivity index (χ1v) is 22.8. The van der Waals surface area contributed by atoms with Crippen molar-refractivity contribution in [2.24, 2.45) is 0 Å². The minimum Gasteiger partial charge on any atom is -0.228 e. The van der Waals surface area contributed by atoms with Crippen LogP contribution in [-0.2, 0) is 0 Å². The zero-order valence-corrected chi connectivity index (χ0v) is 35.8. The molecule has 0 saturated heterocycles. The SMILES string of the molecule is c1ccc(-c2nc(-c3ccc(-c4csc5ccccc45)cc3)cc(-c3ccc4c(c3)C3c5ccccc5C4c4cc(-c5nc(-c6ccccc6)nc(-c6ccccc6)n5)ccc43)n2)cc1. The van der Waals surface area contributed by atoms with Crippen molar-refractivity contribution >= 4 is 21.4 Å². The molecule has 2 unspecified atom stereocenters. The molecule has 0 N–H and O–H groups in total. The van der Waals surface area contributed by atoms with Gasteiger partial charge in [0.05, 0.1) is 11.4 Å². The summed E-state index contributed by atoms with van der Waals surface area (Å²) in [5.41, 5.74) is 18.2. The third-order valence-corrected chi connectivity index (χ3v) is 14.0. The van der Waals surface area contributed by atoms with Gasteiger partial charge in [-0.1, -0.05) is 182 Å². The zero-order valence-electron chi connectivity index (χ0n) is 35.0. The molecule has 3 heterocycles. The van der Waals surface area contributed by atoms with Crippen molar-refractivity contribution in [3.05, 3.63) is 245 Å². The van der Waals surface area contributed by atoms with Crippen molar-refractivity contribution in [2.45, 2.75) is 11.8 Å². The number of thiophene rings is 1. The molecule has 5 nitrogen and oxygen atoms in total. The second-order valence-corrected chi connectivity index (χ2v) is 17.7. The van der Waals surface area contributed by atoms with E-state index in [4.69, 9.17) is 24.9 Å². The predicted molar refractivity (Wildman–Crippen MR) is 264 cm³/mol. The molecule has 6 heteroatoms. The summed E-state index contributed by atoms with van der Waals surface area (Å²) in [6.45, 7) is 0. The van der Waals surface area contributed by atoms with E-state index < -0.39 is 0 Å². The number of hydrogen-bond acceptors (Lipinski definition) is 6. The van der Waals surface area contributed by atoms with Gasteiger partial charge in [-0.05, 0) is 68.6 Å². The Morgan fingerprint density at radius 1 is 0.292 bits per heavy atom. The fourth-order valence-corrected chi connectivity index (χ4v) is 10.9. The van der Waals surface area contributed by atoms with Crippen LogP contribution in [0.4, 0.5) is 0 Å². The Kier molecular flexibility index (Phi) is 8.78. The maximum atomic E-state index is 5.27. The molecule has 0 amide bonds. The normalized spacial score (nSPS) is 14.5. The molecule has 3 aromatic heterocycles. The van der Waals surface area contributed by atoms with Crippen molar-refractivity contribution in [3.63, 3.8) is 0 Å². The molecule has 11 aromatic rings. The summed E-state index contributed by atoms with van der Waals surface area (Å²) in [5, 5.41) is 3.54. The Balaban J connectivity index is 0.912. The van der Waals surface area contributed by atoms with Crippen LogP contribution in [0.25, 0.3) is 89.3 Å². The molecule has 2 bridgehead atoms. The second kappa shape index (κ2) is 15.3. The predicted octanol–water partition coefficient (Wildman–Crippen LogP) is 14.5. The Bertz CT molecular complexity index is 3550. The summed E-state index contributed by atoms with van der Waals surface area (Å²) < 4.78 is 1.30. The fourth-order valence-electron chi connectivity index (χ4n) is 9.93. The minimum absolute atomic E-state index is 0.0546. The number of aromatic nitrogens is 5. The average Bonchev–Trinajstić information content (AvgIpc) is 3.83. The van der Waals surface area contributed by atoms with E-state index in [0.717, 1.165) is 44.8 Å². The topological polar surface area (TPSA) is 64.5 Å². The van der Waals surface area contributed by atoms with Crippen LogP contribution >= 0.6 is 11.3 Å². The van der Waals surface area contributed by atoms with E-state index in [2.05, 4.69) is 157 Å². The lowest BCUT2D eigenvalue weighted by Gasteiger charge is -2.42. The summed E-state index contributed by atoms with van der Waals surface area (Å²) in [6.07, 6.45) is 0. The molecular formula is C59H37N5S. The minimum atomic E-state index is 0.0546. The summed E-state index contributed by atoms with van der Waals surface area (Å²) >= 11 is 1.79. The molecule has 3 aliphatic carbocycles. The average molecular weight is 848 g/mol. The van der Waals surface area contributed by atoms with E-state index in [0.29, 0.717) is 23.3 Å². The smallest absolute Gasteiger partial charge is 0.164 e. The van der Waals surface area contributed by atoms with Crippen molar-refractivity contribution in [2.75, 3.05) is 0 Å². The highest BCUT2D eigenvalue weighted by Gasteiger charge is 2.41. The van der Waals surface area contributed by atoms with Gasteiger partial charge in [0.2, 0.25) is 0 Å². The van der Waals surface area contributed by atoms with Gasteiger partial charge >= 0.3 is 0 Å². The Labute approximate surface area is 380 Å². The third kappa shape index (κ3) is 6.41. The quantitative estimate of drug-likeness (QED) is 0.160. The van der Waals surface area contributed by atoms with E-state index in [9.17, 15) is 0 Å². The van der Waals surface area contributed by atoms with Crippen molar-refractivity contribution in [1.29, 1.82) is 0 Å². The number of fused-ring (bicyclic) bond motifs is 1. The number of hydrogen-bond donors (Lipinski definition) is 0. The van der Waals surface area contributed by atoms with Gasteiger partial charge in [-0.3, -0.25) is 0 Å². The first-order chi connectivity index (χ1) is 32.2. The third-order valence-electron chi connectivity index (χ3n) is 13.0. The van der Waals surface area contributed by atoms with Gasteiger partial charge in [0.25, 0.3) is 0 Å². The maximum absolute atomic E-state index is 5.27. The first-order valence-electron chi connectivity index (χ1n) is 22.0. The lowest BCUT2D eigenvalue weighted by atomic mass is 9.60. The van der Waals surface area contributed by atoms with E-state index in [-0.39, 0.29) is 11.8 Å². The van der Waals surface area contributed by atoms with Crippen LogP contribution in [0.1, 0.15) is 45.2 Å². The number of benzene rings is 8. The first kappa shape index (κ1) is 37.4. The standard InChI is InChI=1S/C59H37N5S/c1-4-14-38(15-5-1)56-60-51(37-26-24-36(25-27-37)50-35-65-53-23-13-12-20-43(50)53)34-52(61-56)41-28-30-46-48(32-41)54-44-21-10-11-22-45(44)55(46)49-33-42(29-31-47(49)54)59-63-57(39-16-6-2-7-17-39)62-58(64-59)40-18-8-3-9-19-40/h1-35,54-55H. The highest BCUT2D eigenvalue weighted by molar-refractivity contribution is 7.17. The van der Waals surface area contributed by atoms with Gasteiger partial charge in [-0.15, -0.1) is 11.3 Å². The van der Waals surface area contributed by atoms with Gasteiger partial charge in [-0.25, -0.2) is 24.9 Å². The molecule has 65 heavy (non-hydrogen) atoms. The maximum Gasteiger partial charge on any atom is 0.164 e. The van der Waals surface area contributed by atoms with Gasteiger partial charge in [0, 0.05) is 60.9 Å². The molecule has 3 aliphatic rings. The van der Waals surface area contributed by atoms with Crippen molar-refractivity contribution in [3.8, 4) is 79.2 Å². The molecule has 304 valence electrons. The van der Waals surface area contributed by atoms with E-state index in [1.807, 2.05) is 54.6 Å². The van der Waals surface area contributed by atoms with Crippen LogP contribution in [-0.4, -0.2) is 24.9 Å². The largest absolute Gasteiger partial charge is 0.228 e. The van der Waals surface area contributed by atoms with Crippen molar-refractivity contribution in [1.82, 2.24) is 24.9 Å². The Hall–Kier alpha value is -8.19. The molecule has 2 atom stereocenters. The van der Waals surface area contributed by atoms with Gasteiger partial charge in [0.15, 0.2) is 23.3 Å². The fraction of sp³-hybridized carbons (Fsp3) is 0.0339. The molecule has 14 rings (SSSR count). The molecule has 8 aromatic carbocycles. The highest BCUT2D eigenvalue weighted by Crippen LogP contribution is 2.56. The molecule has 0 fully saturated rings. The van der Waals surface area contributed by atoms with E-state index >= 15 is 0 Å². The molecule has 0 aliphatic heterocycles. The summed E-state index contributed by atoms with van der Waals surface area (Å²) in [4.78, 5) is 25.6. The molecule has 0 saturated carbocycles. The zero-order chi connectivity index (χ0) is 42.8. The highest BCUT2D eigenvalue weighted by atomic mass is 32.1. The van der Waals surface area contributed by atoms with Crippen LogP contribution in [0.3, 0.4) is 0 Å². The van der Waals surface area contributed by atoms with Crippen molar-refractivity contribution < 1.29 is 0 Å². The summed E-state index contributed by atoms with van der Waals surface area (Å²) in [6, 6.07) is 73.0. The van der Waals surface area contributed by atoms with Crippen LogP contribution in [0.15, 0.2) is 212 Å². The van der Waals surface area contributed by atoms with E-state index in [1.165, 1.54) is 54.6 Å². The van der Waals surface area contributed by atoms with Crippen LogP contribution in [0, 0.1) is 0 Å². The lowest BCUT2D eigenvalue weighted by molar-refractivity contribution is 0.754. The Morgan fingerprint density at radius 3 is 1.29 bits per heavy atom. The van der Waals surface area contributed by atoms with Gasteiger partial charge in [0.1, 0.15) is 0 Å². The number of nitrogens with zero attached hydrogens (tertiary/aromatic N) is 5. The monoisotopic (exact) mass is 847 g/mol. The number of rotatable bonds is 7. The van der Waals surface area contributed by atoms with Crippen LogP contribution in [0.5, 0.6) is 0 Å². The van der Waals surface area contributed by atoms with E-state index in [1.54, 1.807) is 11.3 Å². The lowest BCUT2D eigenvalue weighted by Crippen LogP contribution is -2.27. The Morgan fingerprint density at radius 2 is 0.708 bits per heavy atom. The molecule has 0 radical (unpaired) electrons. The second-order valence-electron chi connectivity index (χ2n) is 16.8. The molecule has 0 spiro atoms. The van der Waals surface area contributed by atoms with Crippen LogP contribution < -0.4 is 0 Å².